The van der Waals surface area contributed by atoms with Crippen molar-refractivity contribution in [2.75, 3.05) is 13.7 Å². The van der Waals surface area contributed by atoms with Crippen molar-refractivity contribution < 1.29 is 14.6 Å². The molecule has 3 aromatic carbocycles. The smallest absolute Gasteiger partial charge is 0.187 e. The fraction of sp³-hybridized carbons (Fsp3) is 0.276. The zero-order valence-electron chi connectivity index (χ0n) is 19.7. The van der Waals surface area contributed by atoms with Crippen LogP contribution in [0.4, 0.5) is 5.69 Å². The van der Waals surface area contributed by atoms with Gasteiger partial charge in [-0.1, -0.05) is 42.5 Å². The van der Waals surface area contributed by atoms with Crippen LogP contribution >= 0.6 is 0 Å². The Bertz CT molecular complexity index is 1450. The lowest BCUT2D eigenvalue weighted by Crippen LogP contribution is -2.39. The molecule has 1 aromatic heterocycles. The van der Waals surface area contributed by atoms with Gasteiger partial charge in [-0.25, -0.2) is 4.85 Å². The summed E-state index contributed by atoms with van der Waals surface area (Å²) in [5.74, 6) is 1.49. The van der Waals surface area contributed by atoms with Crippen molar-refractivity contribution in [1.82, 2.24) is 9.47 Å². The Morgan fingerprint density at radius 1 is 1.09 bits per heavy atom. The molecule has 3 heterocycles. The molecule has 0 saturated carbocycles. The molecule has 0 amide bonds. The van der Waals surface area contributed by atoms with E-state index in [-0.39, 0.29) is 12.8 Å². The summed E-state index contributed by atoms with van der Waals surface area (Å²) >= 11 is 0. The van der Waals surface area contributed by atoms with Crippen molar-refractivity contribution in [3.8, 4) is 11.5 Å². The second kappa shape index (κ2) is 8.77. The molecule has 2 aliphatic heterocycles. The van der Waals surface area contributed by atoms with Crippen molar-refractivity contribution in [2.24, 2.45) is 0 Å². The molecule has 6 rings (SSSR count). The van der Waals surface area contributed by atoms with E-state index in [0.717, 1.165) is 48.5 Å². The summed E-state index contributed by atoms with van der Waals surface area (Å²) in [6.07, 6.45) is 1.86. The number of aromatic nitrogens is 1. The van der Waals surface area contributed by atoms with E-state index in [1.165, 1.54) is 27.8 Å². The van der Waals surface area contributed by atoms with Gasteiger partial charge < -0.3 is 19.1 Å². The van der Waals surface area contributed by atoms with Crippen LogP contribution in [0, 0.1) is 6.57 Å². The lowest BCUT2D eigenvalue weighted by molar-refractivity contribution is 0.145. The summed E-state index contributed by atoms with van der Waals surface area (Å²) in [4.78, 5) is 5.98. The molecule has 1 unspecified atom stereocenters. The molecule has 0 saturated heterocycles. The van der Waals surface area contributed by atoms with E-state index in [0.29, 0.717) is 12.3 Å². The molecule has 0 fully saturated rings. The van der Waals surface area contributed by atoms with E-state index in [4.69, 9.17) is 16.0 Å². The fourth-order valence-corrected chi connectivity index (χ4v) is 5.67. The number of benzene rings is 3. The summed E-state index contributed by atoms with van der Waals surface area (Å²) in [6.45, 7) is 9.33. The third kappa shape index (κ3) is 3.65. The Labute approximate surface area is 204 Å². The lowest BCUT2D eigenvalue weighted by Gasteiger charge is -2.41. The minimum atomic E-state index is -0.00298. The van der Waals surface area contributed by atoms with Crippen LogP contribution in [-0.2, 0) is 32.7 Å². The van der Waals surface area contributed by atoms with Crippen molar-refractivity contribution in [1.29, 1.82) is 0 Å². The Kier molecular flexibility index (Phi) is 5.44. The van der Waals surface area contributed by atoms with Crippen LogP contribution in [0.3, 0.4) is 0 Å². The first-order valence-corrected chi connectivity index (χ1v) is 11.9. The monoisotopic (exact) mass is 465 g/mol. The first-order valence-electron chi connectivity index (χ1n) is 11.9. The number of ether oxygens (including phenoxy) is 2. The van der Waals surface area contributed by atoms with Gasteiger partial charge in [0.15, 0.2) is 17.2 Å². The predicted octanol–water partition coefficient (Wildman–Crippen LogP) is 5.38. The van der Waals surface area contributed by atoms with E-state index in [1.807, 2.05) is 30.3 Å². The fourth-order valence-electron chi connectivity index (χ4n) is 5.67. The highest BCUT2D eigenvalue weighted by Gasteiger charge is 2.35. The summed E-state index contributed by atoms with van der Waals surface area (Å²) in [6, 6.07) is 20.4. The number of nitrogens with zero attached hydrogens (tertiary/aromatic N) is 3. The highest BCUT2D eigenvalue weighted by Crippen LogP contribution is 2.44. The molecule has 1 atom stereocenters. The van der Waals surface area contributed by atoms with Gasteiger partial charge in [0.2, 0.25) is 0 Å². The molecule has 35 heavy (non-hydrogen) atoms. The highest BCUT2D eigenvalue weighted by molar-refractivity contribution is 5.86. The number of para-hydroxylation sites is 1. The summed E-state index contributed by atoms with van der Waals surface area (Å²) in [5.41, 5.74) is 7.90. The van der Waals surface area contributed by atoms with Gasteiger partial charge in [0.25, 0.3) is 0 Å². The molecule has 0 spiro atoms. The number of rotatable bonds is 5. The minimum Gasteiger partial charge on any atom is -0.493 e. The zero-order valence-corrected chi connectivity index (χ0v) is 19.7. The maximum Gasteiger partial charge on any atom is 0.187 e. The van der Waals surface area contributed by atoms with Crippen LogP contribution < -0.4 is 9.47 Å². The second-order valence-electron chi connectivity index (χ2n) is 9.22. The Balaban J connectivity index is 1.35. The van der Waals surface area contributed by atoms with Crippen LogP contribution in [0.1, 0.15) is 34.0 Å². The lowest BCUT2D eigenvalue weighted by atomic mass is 9.85. The number of hydrogen-bond donors (Lipinski definition) is 1. The van der Waals surface area contributed by atoms with Crippen molar-refractivity contribution in [3.05, 3.63) is 100 Å². The minimum absolute atomic E-state index is 0.00298. The average molecular weight is 466 g/mol. The summed E-state index contributed by atoms with van der Waals surface area (Å²) in [7, 11) is 1.69. The molecular formula is C29H27N3O3. The maximum absolute atomic E-state index is 10.1. The van der Waals surface area contributed by atoms with Crippen molar-refractivity contribution >= 4 is 16.6 Å². The number of aliphatic hydroxyl groups is 1. The summed E-state index contributed by atoms with van der Waals surface area (Å²) < 4.78 is 14.0. The zero-order chi connectivity index (χ0) is 23.9. The van der Waals surface area contributed by atoms with Gasteiger partial charge in [0.05, 0.1) is 19.2 Å². The topological polar surface area (TPSA) is 51.2 Å². The predicted molar refractivity (Wildman–Crippen MR) is 135 cm³/mol. The molecule has 0 bridgehead atoms. The molecule has 6 heteroatoms. The molecule has 176 valence electrons. The van der Waals surface area contributed by atoms with Gasteiger partial charge in [-0.15, -0.1) is 0 Å². The standard InChI is InChI=1S/C29H27N3O3/c1-30-21-9-7-19(8-10-21)17-35-29-15-23-20(13-28(29)34-2)11-12-31-16-27-24(14-26(23)31)22-5-3-4-6-25(22)32(27)18-33/h3-10,13,15,26,33H,11-12,14,16-18H2,2H3. The third-order valence-electron chi connectivity index (χ3n) is 7.44. The van der Waals surface area contributed by atoms with Crippen LogP contribution in [0.5, 0.6) is 11.5 Å². The molecule has 2 aliphatic rings. The van der Waals surface area contributed by atoms with E-state index in [9.17, 15) is 5.11 Å². The van der Waals surface area contributed by atoms with Crippen LogP contribution in [0.15, 0.2) is 60.7 Å². The average Bonchev–Trinajstić information content (AvgIpc) is 3.23. The first kappa shape index (κ1) is 21.7. The largest absolute Gasteiger partial charge is 0.493 e. The maximum atomic E-state index is 10.1. The van der Waals surface area contributed by atoms with E-state index in [2.05, 4.69) is 44.6 Å². The van der Waals surface area contributed by atoms with Gasteiger partial charge >= 0.3 is 0 Å². The van der Waals surface area contributed by atoms with Gasteiger partial charge in [0, 0.05) is 30.2 Å². The van der Waals surface area contributed by atoms with Crippen molar-refractivity contribution in [3.63, 3.8) is 0 Å². The molecule has 0 aliphatic carbocycles. The van der Waals surface area contributed by atoms with E-state index in [1.54, 1.807) is 7.11 Å². The number of aliphatic hydroxyl groups excluding tert-OH is 1. The van der Waals surface area contributed by atoms with Crippen LogP contribution in [0.25, 0.3) is 15.7 Å². The quantitative estimate of drug-likeness (QED) is 0.402. The Morgan fingerprint density at radius 3 is 2.69 bits per heavy atom. The SMILES string of the molecule is [C-]#[N+]c1ccc(COc2cc3c(cc2OC)CCN2Cc4c(c5ccccc5n4CO)CC32)cc1. The number of fused-ring (bicyclic) bond motifs is 6. The van der Waals surface area contributed by atoms with Gasteiger partial charge in [-0.2, -0.15) is 0 Å². The van der Waals surface area contributed by atoms with Gasteiger partial charge in [-0.05, 0) is 53.3 Å². The van der Waals surface area contributed by atoms with Crippen LogP contribution in [0.2, 0.25) is 0 Å². The molecule has 4 aromatic rings. The Hall–Kier alpha value is -3.79. The number of hydrogen-bond acceptors (Lipinski definition) is 4. The molecule has 0 radical (unpaired) electrons. The van der Waals surface area contributed by atoms with Crippen molar-refractivity contribution in [2.45, 2.75) is 38.8 Å². The van der Waals surface area contributed by atoms with E-state index >= 15 is 0 Å². The first-order chi connectivity index (χ1) is 17.2. The Morgan fingerprint density at radius 2 is 1.91 bits per heavy atom. The molecule has 6 nitrogen and oxygen atoms in total. The number of methoxy groups -OCH3 is 1. The summed E-state index contributed by atoms with van der Waals surface area (Å²) in [5, 5.41) is 11.3. The van der Waals surface area contributed by atoms with Gasteiger partial charge in [0.1, 0.15) is 13.3 Å². The third-order valence-corrected chi connectivity index (χ3v) is 7.44. The van der Waals surface area contributed by atoms with Crippen LogP contribution in [-0.4, -0.2) is 28.2 Å². The second-order valence-corrected chi connectivity index (χ2v) is 9.22. The van der Waals surface area contributed by atoms with Gasteiger partial charge in [-0.3, -0.25) is 4.90 Å². The normalized spacial score (nSPS) is 16.8. The highest BCUT2D eigenvalue weighted by atomic mass is 16.5. The molecular weight excluding hydrogens is 438 g/mol. The van der Waals surface area contributed by atoms with E-state index < -0.39 is 0 Å². The molecule has 1 N–H and O–H groups in total.